The van der Waals surface area contributed by atoms with E-state index in [1.165, 1.54) is 18.2 Å². The molecular weight excluding hydrogens is 325 g/mol. The first-order chi connectivity index (χ1) is 10.7. The highest BCUT2D eigenvalue weighted by Gasteiger charge is 2.19. The molecule has 0 radical (unpaired) electrons. The van der Waals surface area contributed by atoms with Crippen molar-refractivity contribution in [2.75, 3.05) is 25.1 Å². The molecule has 0 fully saturated rings. The number of carbonyl (C=O) groups is 2. The third-order valence-electron chi connectivity index (χ3n) is 2.98. The Balaban J connectivity index is 2.49. The minimum atomic E-state index is -3.44. The third-order valence-corrected chi connectivity index (χ3v) is 3.64. The van der Waals surface area contributed by atoms with Crippen molar-refractivity contribution in [3.05, 3.63) is 29.3 Å². The van der Waals surface area contributed by atoms with Crippen LogP contribution in [0.2, 0.25) is 0 Å². The lowest BCUT2D eigenvalue weighted by atomic mass is 10.1. The number of aromatic carboxylic acids is 2. The Morgan fingerprint density at radius 2 is 1.87 bits per heavy atom. The standard InChI is InChI=1S/C14H20NO7P/c1-23(20,21)22-9-4-2-3-8-15-11-7-5-6-10(13(16)17)12(11)14(18)19/h5-7,15H,2-4,8-9H2,1H3,(H,16,17)(H,18,19)(H,20,21). The maximum Gasteiger partial charge on any atom is 0.338 e. The molecular formula is C14H20NO7P. The normalized spacial score (nSPS) is 13.3. The zero-order valence-electron chi connectivity index (χ0n) is 12.7. The first-order valence-electron chi connectivity index (χ1n) is 7.00. The molecule has 0 heterocycles. The SMILES string of the molecule is CP(=O)(O)OCCCCCNc1cccc(C(=O)O)c1C(=O)O. The van der Waals surface area contributed by atoms with Gasteiger partial charge in [-0.25, -0.2) is 9.59 Å². The Labute approximate surface area is 133 Å². The van der Waals surface area contributed by atoms with E-state index < -0.39 is 19.5 Å². The number of anilines is 1. The highest BCUT2D eigenvalue weighted by Crippen LogP contribution is 2.36. The van der Waals surface area contributed by atoms with Crippen LogP contribution in [-0.2, 0) is 9.09 Å². The molecule has 0 spiro atoms. The van der Waals surface area contributed by atoms with E-state index in [-0.39, 0.29) is 23.4 Å². The number of hydrogen-bond acceptors (Lipinski definition) is 5. The molecule has 8 nitrogen and oxygen atoms in total. The Bertz CT molecular complexity index is 611. The predicted octanol–water partition coefficient (Wildman–Crippen LogP) is 2.50. The average Bonchev–Trinajstić information content (AvgIpc) is 2.44. The summed E-state index contributed by atoms with van der Waals surface area (Å²) in [6, 6.07) is 4.23. The van der Waals surface area contributed by atoms with E-state index in [0.717, 1.165) is 6.66 Å². The topological polar surface area (TPSA) is 133 Å². The molecule has 1 rings (SSSR count). The summed E-state index contributed by atoms with van der Waals surface area (Å²) < 4.78 is 15.6. The van der Waals surface area contributed by atoms with Crippen molar-refractivity contribution in [2.45, 2.75) is 19.3 Å². The highest BCUT2D eigenvalue weighted by atomic mass is 31.2. The molecule has 1 aromatic rings. The van der Waals surface area contributed by atoms with Gasteiger partial charge in [0.25, 0.3) is 0 Å². The molecule has 0 amide bonds. The lowest BCUT2D eigenvalue weighted by molar-refractivity contribution is 0.0652. The highest BCUT2D eigenvalue weighted by molar-refractivity contribution is 7.51. The van der Waals surface area contributed by atoms with Gasteiger partial charge >= 0.3 is 19.5 Å². The van der Waals surface area contributed by atoms with Crippen LogP contribution in [0, 0.1) is 0 Å². The lowest BCUT2D eigenvalue weighted by Crippen LogP contribution is -2.13. The van der Waals surface area contributed by atoms with Crippen LogP contribution in [-0.4, -0.2) is 46.9 Å². The lowest BCUT2D eigenvalue weighted by Gasteiger charge is -2.11. The molecule has 0 aliphatic heterocycles. The molecule has 1 atom stereocenters. The van der Waals surface area contributed by atoms with Gasteiger partial charge in [-0.3, -0.25) is 4.57 Å². The van der Waals surface area contributed by atoms with E-state index in [9.17, 15) is 19.3 Å². The molecule has 0 aliphatic rings. The average molecular weight is 345 g/mol. The second-order valence-corrected chi connectivity index (χ2v) is 6.83. The van der Waals surface area contributed by atoms with Crippen molar-refractivity contribution >= 4 is 25.2 Å². The van der Waals surface area contributed by atoms with Gasteiger partial charge in [-0.05, 0) is 31.4 Å². The summed E-state index contributed by atoms with van der Waals surface area (Å²) in [5.41, 5.74) is -0.282. The Hall–Kier alpha value is -1.89. The smallest absolute Gasteiger partial charge is 0.338 e. The summed E-state index contributed by atoms with van der Waals surface area (Å²) in [6.07, 6.45) is 1.99. The van der Waals surface area contributed by atoms with E-state index in [4.69, 9.17) is 14.5 Å². The number of hydrogen-bond donors (Lipinski definition) is 4. The van der Waals surface area contributed by atoms with Gasteiger partial charge in [-0.15, -0.1) is 0 Å². The molecule has 23 heavy (non-hydrogen) atoms. The van der Waals surface area contributed by atoms with Crippen LogP contribution in [0.4, 0.5) is 5.69 Å². The number of rotatable bonds is 10. The van der Waals surface area contributed by atoms with Crippen LogP contribution >= 0.6 is 7.60 Å². The zero-order valence-corrected chi connectivity index (χ0v) is 13.6. The molecule has 0 aliphatic carbocycles. The quantitative estimate of drug-likeness (QED) is 0.375. The van der Waals surface area contributed by atoms with E-state index in [2.05, 4.69) is 5.32 Å². The van der Waals surface area contributed by atoms with E-state index in [1.54, 1.807) is 0 Å². The van der Waals surface area contributed by atoms with E-state index in [1.807, 2.05) is 0 Å². The first kappa shape index (κ1) is 19.2. The minimum absolute atomic E-state index is 0.180. The zero-order chi connectivity index (χ0) is 17.5. The largest absolute Gasteiger partial charge is 0.478 e. The third kappa shape index (κ3) is 6.81. The van der Waals surface area contributed by atoms with E-state index in [0.29, 0.717) is 25.8 Å². The summed E-state index contributed by atoms with van der Waals surface area (Å²) in [5, 5.41) is 21.1. The molecule has 0 saturated heterocycles. The molecule has 1 aromatic carbocycles. The van der Waals surface area contributed by atoms with Crippen LogP contribution in [0.3, 0.4) is 0 Å². The summed E-state index contributed by atoms with van der Waals surface area (Å²) in [4.78, 5) is 31.2. The van der Waals surface area contributed by atoms with Crippen LogP contribution in [0.5, 0.6) is 0 Å². The maximum atomic E-state index is 11.2. The van der Waals surface area contributed by atoms with Crippen molar-refractivity contribution in [3.63, 3.8) is 0 Å². The van der Waals surface area contributed by atoms with Crippen LogP contribution in [0.25, 0.3) is 0 Å². The monoisotopic (exact) mass is 345 g/mol. The van der Waals surface area contributed by atoms with Crippen LogP contribution in [0.1, 0.15) is 40.0 Å². The fourth-order valence-corrected chi connectivity index (χ4v) is 2.44. The van der Waals surface area contributed by atoms with Gasteiger partial charge < -0.3 is 24.9 Å². The number of unbranched alkanes of at least 4 members (excludes halogenated alkanes) is 2. The second kappa shape index (κ2) is 8.67. The number of benzene rings is 1. The number of carboxylic acids is 2. The Morgan fingerprint density at radius 1 is 1.17 bits per heavy atom. The van der Waals surface area contributed by atoms with E-state index >= 15 is 0 Å². The molecule has 9 heteroatoms. The van der Waals surface area contributed by atoms with Gasteiger partial charge in [0.1, 0.15) is 0 Å². The van der Waals surface area contributed by atoms with Crippen LogP contribution in [0.15, 0.2) is 18.2 Å². The summed E-state index contributed by atoms with van der Waals surface area (Å²) in [6.45, 7) is 1.75. The molecule has 0 aromatic heterocycles. The minimum Gasteiger partial charge on any atom is -0.478 e. The number of nitrogens with one attached hydrogen (secondary N) is 1. The van der Waals surface area contributed by atoms with Crippen molar-refractivity contribution in [2.24, 2.45) is 0 Å². The Kier molecular flexibility index (Phi) is 7.22. The van der Waals surface area contributed by atoms with Crippen molar-refractivity contribution in [1.82, 2.24) is 0 Å². The maximum absolute atomic E-state index is 11.2. The van der Waals surface area contributed by atoms with Crippen LogP contribution < -0.4 is 5.32 Å². The molecule has 4 N–H and O–H groups in total. The van der Waals surface area contributed by atoms with Crippen molar-refractivity contribution in [3.8, 4) is 0 Å². The van der Waals surface area contributed by atoms with Gasteiger partial charge in [-0.2, -0.15) is 0 Å². The number of carboxylic acid groups (broad SMARTS) is 2. The molecule has 0 bridgehead atoms. The van der Waals surface area contributed by atoms with Gasteiger partial charge in [0, 0.05) is 18.9 Å². The summed E-state index contributed by atoms with van der Waals surface area (Å²) >= 11 is 0. The summed E-state index contributed by atoms with van der Waals surface area (Å²) in [5.74, 6) is -2.60. The van der Waals surface area contributed by atoms with Gasteiger partial charge in [-0.1, -0.05) is 6.07 Å². The van der Waals surface area contributed by atoms with Crippen molar-refractivity contribution < 1.29 is 33.8 Å². The fraction of sp³-hybridized carbons (Fsp3) is 0.429. The van der Waals surface area contributed by atoms with Gasteiger partial charge in [0.15, 0.2) is 0 Å². The van der Waals surface area contributed by atoms with Gasteiger partial charge in [0.2, 0.25) is 0 Å². The molecule has 1 unspecified atom stereocenters. The first-order valence-corrected chi connectivity index (χ1v) is 9.03. The Morgan fingerprint density at radius 3 is 2.43 bits per heavy atom. The molecule has 0 saturated carbocycles. The van der Waals surface area contributed by atoms with Crippen molar-refractivity contribution in [1.29, 1.82) is 0 Å². The van der Waals surface area contributed by atoms with Gasteiger partial charge in [0.05, 0.1) is 17.7 Å². The summed E-state index contributed by atoms with van der Waals surface area (Å²) in [7, 11) is -3.44. The molecule has 128 valence electrons. The predicted molar refractivity (Wildman–Crippen MR) is 84.4 cm³/mol. The fourth-order valence-electron chi connectivity index (χ4n) is 1.97. The second-order valence-electron chi connectivity index (χ2n) is 4.96.